The highest BCUT2D eigenvalue weighted by Gasteiger charge is 2.38. The zero-order chi connectivity index (χ0) is 21.1. The maximum Gasteiger partial charge on any atom is 0.118 e. The van der Waals surface area contributed by atoms with Gasteiger partial charge in [0.25, 0.3) is 0 Å². The van der Waals surface area contributed by atoms with Crippen LogP contribution in [0.25, 0.3) is 0 Å². The Bertz CT molecular complexity index is 826. The van der Waals surface area contributed by atoms with E-state index in [1.165, 1.54) is 0 Å². The molecule has 5 nitrogen and oxygen atoms in total. The first-order valence-corrected chi connectivity index (χ1v) is 9.82. The molecule has 1 N–H and O–H groups in total. The molecule has 29 heavy (non-hydrogen) atoms. The number of ether oxygens (including phenoxy) is 2. The van der Waals surface area contributed by atoms with Gasteiger partial charge in [-0.1, -0.05) is 43.5 Å². The summed E-state index contributed by atoms with van der Waals surface area (Å²) in [6.45, 7) is 0. The van der Waals surface area contributed by atoms with Gasteiger partial charge in [-0.3, -0.25) is 0 Å². The maximum absolute atomic E-state index is 10.7. The number of rotatable bonds is 5. The Hall–Kier alpha value is -3.02. The maximum atomic E-state index is 10.7. The zero-order valence-corrected chi connectivity index (χ0v) is 17.1. The standard InChI is InChI=1S/C15H19NO2.C9H9NO/c1-18-13-7-5-12(6-8-13)14(11-16)15(17)9-3-2-4-10-15;1-11-9-4-2-8(3-5-9)6-7-10/h5-8,14,17H,2-4,9-10H2,1H3;2-5H,6H2,1H3. The van der Waals surface area contributed by atoms with Crippen molar-refractivity contribution in [3.05, 3.63) is 59.7 Å². The lowest BCUT2D eigenvalue weighted by molar-refractivity contribution is -0.00715. The van der Waals surface area contributed by atoms with Crippen LogP contribution in [0.3, 0.4) is 0 Å². The fourth-order valence-corrected chi connectivity index (χ4v) is 3.59. The minimum Gasteiger partial charge on any atom is -0.497 e. The number of nitrogens with zero attached hydrogens (tertiary/aromatic N) is 2. The van der Waals surface area contributed by atoms with Gasteiger partial charge in [0, 0.05) is 0 Å². The van der Waals surface area contributed by atoms with Crippen LogP contribution in [-0.4, -0.2) is 24.9 Å². The minimum absolute atomic E-state index is 0.441. The highest BCUT2D eigenvalue weighted by atomic mass is 16.5. The first-order valence-electron chi connectivity index (χ1n) is 9.82. The van der Waals surface area contributed by atoms with Crippen LogP contribution < -0.4 is 9.47 Å². The number of methoxy groups -OCH3 is 2. The van der Waals surface area contributed by atoms with E-state index >= 15 is 0 Å². The summed E-state index contributed by atoms with van der Waals surface area (Å²) in [5.74, 6) is 1.15. The second-order valence-corrected chi connectivity index (χ2v) is 7.18. The van der Waals surface area contributed by atoms with Crippen LogP contribution in [0.15, 0.2) is 48.5 Å². The lowest BCUT2D eigenvalue weighted by atomic mass is 9.73. The molecule has 3 rings (SSSR count). The van der Waals surface area contributed by atoms with Crippen LogP contribution in [0.5, 0.6) is 11.5 Å². The molecule has 1 fully saturated rings. The molecule has 0 amide bonds. The summed E-state index contributed by atoms with van der Waals surface area (Å²) in [4.78, 5) is 0. The molecule has 0 spiro atoms. The molecule has 5 heteroatoms. The molecule has 2 aromatic carbocycles. The first kappa shape index (κ1) is 22.3. The number of aliphatic hydroxyl groups is 1. The number of hydrogen-bond donors (Lipinski definition) is 1. The van der Waals surface area contributed by atoms with Crippen LogP contribution in [0, 0.1) is 22.7 Å². The van der Waals surface area contributed by atoms with E-state index in [-0.39, 0.29) is 0 Å². The van der Waals surface area contributed by atoms with Crippen molar-refractivity contribution in [3.8, 4) is 23.6 Å². The smallest absolute Gasteiger partial charge is 0.118 e. The van der Waals surface area contributed by atoms with E-state index < -0.39 is 11.5 Å². The minimum atomic E-state index is -0.860. The van der Waals surface area contributed by atoms with Crippen LogP contribution in [0.2, 0.25) is 0 Å². The summed E-state index contributed by atoms with van der Waals surface area (Å²) < 4.78 is 10.1. The average Bonchev–Trinajstić information content (AvgIpc) is 2.76. The Labute approximate surface area is 173 Å². The molecule has 1 aliphatic carbocycles. The monoisotopic (exact) mass is 392 g/mol. The Balaban J connectivity index is 0.000000234. The number of nitriles is 2. The third-order valence-electron chi connectivity index (χ3n) is 5.28. The van der Waals surface area contributed by atoms with Gasteiger partial charge < -0.3 is 14.6 Å². The van der Waals surface area contributed by atoms with Crippen LogP contribution >= 0.6 is 0 Å². The molecule has 0 bridgehead atoms. The van der Waals surface area contributed by atoms with Gasteiger partial charge in [0.2, 0.25) is 0 Å². The second kappa shape index (κ2) is 11.1. The first-order chi connectivity index (χ1) is 14.1. The van der Waals surface area contributed by atoms with Crippen LogP contribution in [-0.2, 0) is 6.42 Å². The van der Waals surface area contributed by atoms with E-state index in [0.29, 0.717) is 6.42 Å². The second-order valence-electron chi connectivity index (χ2n) is 7.18. The summed E-state index contributed by atoms with van der Waals surface area (Å²) in [6.07, 6.45) is 5.07. The van der Waals surface area contributed by atoms with Crippen LogP contribution in [0.1, 0.15) is 49.1 Å². The largest absolute Gasteiger partial charge is 0.497 e. The van der Waals surface area contributed by atoms with Crippen molar-refractivity contribution in [1.82, 2.24) is 0 Å². The van der Waals surface area contributed by atoms with E-state index in [0.717, 1.165) is 54.7 Å². The van der Waals surface area contributed by atoms with Gasteiger partial charge in [0.05, 0.1) is 44.3 Å². The van der Waals surface area contributed by atoms with Gasteiger partial charge in [0.1, 0.15) is 11.5 Å². The molecule has 0 saturated heterocycles. The topological polar surface area (TPSA) is 86.3 Å². The lowest BCUT2D eigenvalue weighted by Crippen LogP contribution is -2.37. The summed E-state index contributed by atoms with van der Waals surface area (Å²) in [5, 5.41) is 28.4. The van der Waals surface area contributed by atoms with E-state index in [2.05, 4.69) is 12.1 Å². The van der Waals surface area contributed by atoms with Gasteiger partial charge in [-0.25, -0.2) is 0 Å². The third-order valence-corrected chi connectivity index (χ3v) is 5.28. The predicted octanol–water partition coefficient (Wildman–Crippen LogP) is 4.76. The van der Waals surface area contributed by atoms with Crippen molar-refractivity contribution < 1.29 is 14.6 Å². The highest BCUT2D eigenvalue weighted by Crippen LogP contribution is 2.39. The summed E-state index contributed by atoms with van der Waals surface area (Å²) in [7, 11) is 3.24. The van der Waals surface area contributed by atoms with Crippen molar-refractivity contribution in [2.45, 2.75) is 50.0 Å². The number of benzene rings is 2. The molecular weight excluding hydrogens is 364 g/mol. The van der Waals surface area contributed by atoms with Crippen molar-refractivity contribution in [3.63, 3.8) is 0 Å². The molecule has 2 aromatic rings. The normalized spacial score (nSPS) is 15.6. The summed E-state index contributed by atoms with van der Waals surface area (Å²) >= 11 is 0. The fraction of sp³-hybridized carbons (Fsp3) is 0.417. The quantitative estimate of drug-likeness (QED) is 0.793. The average molecular weight is 392 g/mol. The predicted molar refractivity (Wildman–Crippen MR) is 112 cm³/mol. The summed E-state index contributed by atoms with van der Waals surface area (Å²) in [6, 6.07) is 19.3. The molecule has 0 radical (unpaired) electrons. The Kier molecular flexibility index (Phi) is 8.52. The lowest BCUT2D eigenvalue weighted by Gasteiger charge is -2.36. The van der Waals surface area contributed by atoms with Crippen molar-refractivity contribution in [1.29, 1.82) is 10.5 Å². The molecule has 0 aromatic heterocycles. The Morgan fingerprint density at radius 3 is 1.86 bits per heavy atom. The van der Waals surface area contributed by atoms with E-state index in [1.54, 1.807) is 14.2 Å². The van der Waals surface area contributed by atoms with Crippen molar-refractivity contribution >= 4 is 0 Å². The Morgan fingerprint density at radius 2 is 1.41 bits per heavy atom. The zero-order valence-electron chi connectivity index (χ0n) is 17.1. The molecule has 0 aliphatic heterocycles. The van der Waals surface area contributed by atoms with E-state index in [9.17, 15) is 10.4 Å². The van der Waals surface area contributed by atoms with Crippen molar-refractivity contribution in [2.24, 2.45) is 0 Å². The van der Waals surface area contributed by atoms with Crippen molar-refractivity contribution in [2.75, 3.05) is 14.2 Å². The van der Waals surface area contributed by atoms with E-state index in [1.807, 2.05) is 48.5 Å². The van der Waals surface area contributed by atoms with Crippen LogP contribution in [0.4, 0.5) is 0 Å². The van der Waals surface area contributed by atoms with Gasteiger partial charge in [0.15, 0.2) is 0 Å². The SMILES string of the molecule is COc1ccc(C(C#N)C2(O)CCCCC2)cc1.COc1ccc(CC#N)cc1. The number of hydrogen-bond acceptors (Lipinski definition) is 5. The highest BCUT2D eigenvalue weighted by molar-refractivity contribution is 5.34. The van der Waals surface area contributed by atoms with Gasteiger partial charge in [-0.05, 0) is 48.2 Å². The van der Waals surface area contributed by atoms with Gasteiger partial charge >= 0.3 is 0 Å². The summed E-state index contributed by atoms with van der Waals surface area (Å²) in [5.41, 5.74) is 1.04. The van der Waals surface area contributed by atoms with Gasteiger partial charge in [-0.15, -0.1) is 0 Å². The Morgan fingerprint density at radius 1 is 0.897 bits per heavy atom. The fourth-order valence-electron chi connectivity index (χ4n) is 3.59. The molecular formula is C24H28N2O3. The van der Waals surface area contributed by atoms with E-state index in [4.69, 9.17) is 14.7 Å². The molecule has 152 valence electrons. The molecule has 1 atom stereocenters. The van der Waals surface area contributed by atoms with Gasteiger partial charge in [-0.2, -0.15) is 10.5 Å². The molecule has 1 aliphatic rings. The molecule has 1 unspecified atom stereocenters. The molecule has 1 saturated carbocycles. The third kappa shape index (κ3) is 6.24. The molecule has 0 heterocycles.